The first-order chi connectivity index (χ1) is 19.1. The Morgan fingerprint density at radius 1 is 1.12 bits per heavy atom. The van der Waals surface area contributed by atoms with E-state index in [1.807, 2.05) is 0 Å². The van der Waals surface area contributed by atoms with Crippen LogP contribution in [0.2, 0.25) is 0 Å². The van der Waals surface area contributed by atoms with Crippen molar-refractivity contribution >= 4 is 45.2 Å². The molecule has 3 N–H and O–H groups in total. The number of nitrogens with one attached hydrogen (secondary N) is 2. The molecular weight excluding hydrogens is 590 g/mol. The summed E-state index contributed by atoms with van der Waals surface area (Å²) in [6.45, 7) is 4.07. The fourth-order valence-corrected chi connectivity index (χ4v) is 4.16. The largest absolute Gasteiger partial charge is 0.479 e. The molecule has 2 aromatic rings. The van der Waals surface area contributed by atoms with Gasteiger partial charge >= 0.3 is 17.9 Å². The van der Waals surface area contributed by atoms with E-state index in [4.69, 9.17) is 18.9 Å². The van der Waals surface area contributed by atoms with Crippen LogP contribution < -0.4 is 25.0 Å². The third-order valence-corrected chi connectivity index (χ3v) is 6.23. The number of nitrogens with zero attached hydrogens (tertiary/aromatic N) is 3. The first-order valence-corrected chi connectivity index (χ1v) is 13.4. The van der Waals surface area contributed by atoms with E-state index in [-0.39, 0.29) is 56.6 Å². The van der Waals surface area contributed by atoms with E-state index in [1.54, 1.807) is 44.0 Å². The van der Waals surface area contributed by atoms with Crippen molar-refractivity contribution in [1.29, 1.82) is 0 Å². The van der Waals surface area contributed by atoms with Gasteiger partial charge in [0.15, 0.2) is 0 Å². The van der Waals surface area contributed by atoms with Gasteiger partial charge in [-0.1, -0.05) is 0 Å². The number of rotatable bonds is 16. The quantitative estimate of drug-likeness (QED) is 0.233. The summed E-state index contributed by atoms with van der Waals surface area (Å²) >= 11 is 3.49. The van der Waals surface area contributed by atoms with Crippen LogP contribution in [0.5, 0.6) is 11.9 Å². The Labute approximate surface area is 241 Å². The molecule has 1 aromatic carbocycles. The number of anilines is 2. The van der Waals surface area contributed by atoms with Crippen LogP contribution in [0.25, 0.3) is 0 Å². The molecular formula is C26H36BrN5O8. The van der Waals surface area contributed by atoms with E-state index in [2.05, 4.69) is 36.5 Å². The molecule has 2 atom stereocenters. The summed E-state index contributed by atoms with van der Waals surface area (Å²) in [5, 5.41) is 16.4. The lowest BCUT2D eigenvalue weighted by Crippen LogP contribution is -2.42. The summed E-state index contributed by atoms with van der Waals surface area (Å²) < 4.78 is 20.9. The van der Waals surface area contributed by atoms with E-state index in [9.17, 15) is 19.5 Å². The smallest absolute Gasteiger partial charge is 0.328 e. The number of amides is 1. The number of aliphatic hydroxyl groups is 1. The fourth-order valence-electron chi connectivity index (χ4n) is 3.61. The van der Waals surface area contributed by atoms with Crippen LogP contribution in [0.15, 0.2) is 28.9 Å². The fraction of sp³-hybridized carbons (Fsp3) is 0.500. The first-order valence-electron chi connectivity index (χ1n) is 12.6. The molecule has 0 aliphatic carbocycles. The lowest BCUT2D eigenvalue weighted by Gasteiger charge is -2.25. The predicted molar refractivity (Wildman–Crippen MR) is 151 cm³/mol. The average molecular weight is 627 g/mol. The van der Waals surface area contributed by atoms with Crippen LogP contribution in [0.4, 0.5) is 11.4 Å². The number of halogens is 1. The number of hydrogen-bond donors (Lipinski definition) is 3. The van der Waals surface area contributed by atoms with E-state index in [0.717, 1.165) is 0 Å². The highest BCUT2D eigenvalue weighted by atomic mass is 79.9. The maximum absolute atomic E-state index is 13.0. The molecule has 0 bridgehead atoms. The molecule has 40 heavy (non-hydrogen) atoms. The monoisotopic (exact) mass is 625 g/mol. The zero-order chi connectivity index (χ0) is 29.7. The molecule has 1 heterocycles. The highest BCUT2D eigenvalue weighted by molar-refractivity contribution is 9.10. The second kappa shape index (κ2) is 16.5. The van der Waals surface area contributed by atoms with E-state index < -0.39 is 30.0 Å². The SMILES string of the molecule is CCOC(=O)CC[C@H](NC(=O)c1ccc(Br)c(N(C)CC(O)CNc2cnc(OC)nc2OC)c1)C(=O)OCC. The maximum atomic E-state index is 13.0. The minimum Gasteiger partial charge on any atom is -0.479 e. The molecule has 14 heteroatoms. The zero-order valence-electron chi connectivity index (χ0n) is 23.2. The van der Waals surface area contributed by atoms with Crippen LogP contribution in [0.1, 0.15) is 37.0 Å². The van der Waals surface area contributed by atoms with E-state index in [0.29, 0.717) is 15.8 Å². The Hall–Kier alpha value is -3.65. The van der Waals surface area contributed by atoms with Gasteiger partial charge in [-0.2, -0.15) is 4.98 Å². The van der Waals surface area contributed by atoms with Crippen molar-refractivity contribution in [2.45, 2.75) is 38.8 Å². The normalized spacial score (nSPS) is 12.1. The minimum absolute atomic E-state index is 0.0376. The van der Waals surface area contributed by atoms with Crippen molar-refractivity contribution in [2.24, 2.45) is 0 Å². The number of esters is 2. The van der Waals surface area contributed by atoms with Crippen LogP contribution in [-0.2, 0) is 19.1 Å². The molecule has 2 rings (SSSR count). The summed E-state index contributed by atoms with van der Waals surface area (Å²) in [5.74, 6) is -1.34. The summed E-state index contributed by atoms with van der Waals surface area (Å²) in [7, 11) is 4.68. The number of methoxy groups -OCH3 is 2. The van der Waals surface area contributed by atoms with E-state index in [1.165, 1.54) is 20.4 Å². The number of benzene rings is 1. The van der Waals surface area contributed by atoms with Crippen LogP contribution in [0.3, 0.4) is 0 Å². The van der Waals surface area contributed by atoms with Crippen molar-refractivity contribution in [2.75, 3.05) is 57.8 Å². The van der Waals surface area contributed by atoms with Gasteiger partial charge in [-0.25, -0.2) is 9.78 Å². The summed E-state index contributed by atoms with van der Waals surface area (Å²) in [6.07, 6.45) is 0.662. The van der Waals surface area contributed by atoms with Gasteiger partial charge in [0, 0.05) is 36.6 Å². The molecule has 0 aliphatic heterocycles. The standard InChI is InChI=1S/C26H36BrN5O8/c1-6-39-22(34)11-10-19(25(36)40-7-2)30-23(35)16-8-9-18(27)21(12-16)32(3)15-17(33)13-28-20-14-29-26(38-5)31-24(20)37-4/h8-9,12,14,17,19,28,33H,6-7,10-11,13,15H2,1-5H3,(H,30,35)/t17?,19-/m0/s1. The van der Waals surface area contributed by atoms with Gasteiger partial charge in [-0.3, -0.25) is 9.59 Å². The predicted octanol–water partition coefficient (Wildman–Crippen LogP) is 2.17. The highest BCUT2D eigenvalue weighted by Crippen LogP contribution is 2.27. The van der Waals surface area contributed by atoms with Crippen molar-refractivity contribution in [1.82, 2.24) is 15.3 Å². The Morgan fingerprint density at radius 2 is 1.85 bits per heavy atom. The molecule has 1 aromatic heterocycles. The van der Waals surface area contributed by atoms with Gasteiger partial charge in [0.05, 0.1) is 45.4 Å². The van der Waals surface area contributed by atoms with Crippen LogP contribution in [-0.4, -0.2) is 92.6 Å². The number of aliphatic hydroxyl groups excluding tert-OH is 1. The van der Waals surface area contributed by atoms with Gasteiger partial charge in [-0.05, 0) is 54.4 Å². The lowest BCUT2D eigenvalue weighted by atomic mass is 10.1. The van der Waals surface area contributed by atoms with Crippen LogP contribution in [0, 0.1) is 0 Å². The summed E-state index contributed by atoms with van der Waals surface area (Å²) in [6, 6.07) is 4.06. The zero-order valence-corrected chi connectivity index (χ0v) is 24.8. The number of ether oxygens (including phenoxy) is 4. The van der Waals surface area contributed by atoms with Gasteiger partial charge in [0.1, 0.15) is 11.7 Å². The molecule has 0 fully saturated rings. The average Bonchev–Trinajstić information content (AvgIpc) is 2.94. The van der Waals surface area contributed by atoms with E-state index >= 15 is 0 Å². The minimum atomic E-state index is -1.02. The molecule has 0 saturated heterocycles. The molecule has 0 aliphatic rings. The van der Waals surface area contributed by atoms with Crippen molar-refractivity contribution in [3.63, 3.8) is 0 Å². The van der Waals surface area contributed by atoms with Crippen molar-refractivity contribution < 1.29 is 38.4 Å². The molecule has 0 radical (unpaired) electrons. The third-order valence-electron chi connectivity index (χ3n) is 5.56. The molecule has 1 amide bonds. The van der Waals surface area contributed by atoms with Crippen LogP contribution >= 0.6 is 15.9 Å². The summed E-state index contributed by atoms with van der Waals surface area (Å²) in [4.78, 5) is 47.1. The Bertz CT molecular complexity index is 1150. The van der Waals surface area contributed by atoms with Gasteiger partial charge in [-0.15, -0.1) is 0 Å². The lowest BCUT2D eigenvalue weighted by molar-refractivity contribution is -0.146. The molecule has 220 valence electrons. The topological polar surface area (TPSA) is 161 Å². The number of carbonyl (C=O) groups is 3. The van der Waals surface area contributed by atoms with Gasteiger partial charge in [0.2, 0.25) is 5.88 Å². The molecule has 1 unspecified atom stereocenters. The Kier molecular flexibility index (Phi) is 13.4. The maximum Gasteiger partial charge on any atom is 0.328 e. The number of hydrogen-bond acceptors (Lipinski definition) is 12. The second-order valence-electron chi connectivity index (χ2n) is 8.48. The van der Waals surface area contributed by atoms with Crippen molar-refractivity contribution in [3.8, 4) is 11.9 Å². The van der Waals surface area contributed by atoms with Crippen molar-refractivity contribution in [3.05, 3.63) is 34.4 Å². The Morgan fingerprint density at radius 3 is 2.50 bits per heavy atom. The summed E-state index contributed by atoms with van der Waals surface area (Å²) in [5.41, 5.74) is 1.41. The second-order valence-corrected chi connectivity index (χ2v) is 9.34. The first kappa shape index (κ1) is 32.6. The number of aromatic nitrogens is 2. The third kappa shape index (κ3) is 9.83. The molecule has 0 spiro atoms. The number of likely N-dealkylation sites (N-methyl/N-ethyl adjacent to an activating group) is 1. The molecule has 0 saturated carbocycles. The number of carbonyl (C=O) groups excluding carboxylic acids is 3. The van der Waals surface area contributed by atoms with Gasteiger partial charge in [0.25, 0.3) is 5.91 Å². The Balaban J connectivity index is 2.07. The van der Waals surface area contributed by atoms with Gasteiger partial charge < -0.3 is 39.6 Å². The molecule has 13 nitrogen and oxygen atoms in total. The highest BCUT2D eigenvalue weighted by Gasteiger charge is 2.25.